The Morgan fingerprint density at radius 3 is 2.53 bits per heavy atom. The smallest absolute Gasteiger partial charge is 0.194 e. The number of aromatic nitrogens is 3. The summed E-state index contributed by atoms with van der Waals surface area (Å²) in [5, 5.41) is 39.2. The van der Waals surface area contributed by atoms with Crippen LogP contribution in [0.4, 0.5) is 13.2 Å². The third-order valence-electron chi connectivity index (χ3n) is 5.31. The molecule has 0 bridgehead atoms. The first-order chi connectivity index (χ1) is 16.3. The molecule has 1 aromatic heterocycles. The molecule has 1 aliphatic rings. The number of aliphatic hydroxyl groups is 3. The van der Waals surface area contributed by atoms with Crippen molar-refractivity contribution in [2.24, 2.45) is 0 Å². The number of hydrogen-bond acceptors (Lipinski definition) is 8. The number of benzene rings is 2. The van der Waals surface area contributed by atoms with Crippen LogP contribution in [0.3, 0.4) is 0 Å². The van der Waals surface area contributed by atoms with E-state index in [2.05, 4.69) is 10.3 Å². The number of nitrogens with zero attached hydrogens (tertiary/aromatic N) is 3. The Morgan fingerprint density at radius 2 is 1.85 bits per heavy atom. The maximum absolute atomic E-state index is 13.6. The van der Waals surface area contributed by atoms with Crippen LogP contribution in [-0.2, 0) is 4.74 Å². The second-order valence-corrected chi connectivity index (χ2v) is 8.73. The van der Waals surface area contributed by atoms with Gasteiger partial charge in [-0.1, -0.05) is 23.0 Å². The molecule has 182 valence electrons. The summed E-state index contributed by atoms with van der Waals surface area (Å²) >= 11 is 1.16. The fourth-order valence-electron chi connectivity index (χ4n) is 3.67. The monoisotopic (exact) mass is 497 g/mol. The molecule has 3 N–H and O–H groups in total. The normalized spacial score (nSPS) is 24.9. The first-order valence-electron chi connectivity index (χ1n) is 10.4. The van der Waals surface area contributed by atoms with Gasteiger partial charge >= 0.3 is 0 Å². The van der Waals surface area contributed by atoms with E-state index in [4.69, 9.17) is 9.47 Å². The van der Waals surface area contributed by atoms with Crippen LogP contribution in [-0.4, -0.2) is 67.3 Å². The van der Waals surface area contributed by atoms with Crippen LogP contribution in [0.5, 0.6) is 5.75 Å². The predicted octanol–water partition coefficient (Wildman–Crippen LogP) is 2.53. The number of rotatable bonds is 7. The topological polar surface area (TPSA) is 110 Å². The molecule has 0 radical (unpaired) electrons. The van der Waals surface area contributed by atoms with Gasteiger partial charge in [0.15, 0.2) is 17.5 Å². The van der Waals surface area contributed by atoms with E-state index in [0.29, 0.717) is 12.4 Å². The average Bonchev–Trinajstić information content (AvgIpc) is 3.29. The molecule has 0 spiro atoms. The fraction of sp³-hybridized carbons (Fsp3) is 0.364. The minimum atomic E-state index is -1.61. The predicted molar refractivity (Wildman–Crippen MR) is 116 cm³/mol. The van der Waals surface area contributed by atoms with Crippen molar-refractivity contribution in [2.45, 2.75) is 41.6 Å². The molecular formula is C22H22F3N3O5S. The van der Waals surface area contributed by atoms with Gasteiger partial charge in [0.25, 0.3) is 0 Å². The number of aliphatic hydroxyl groups excluding tert-OH is 3. The Morgan fingerprint density at radius 1 is 1.12 bits per heavy atom. The lowest BCUT2D eigenvalue weighted by molar-refractivity contribution is -0.178. The Balaban J connectivity index is 1.61. The molecule has 0 aliphatic carbocycles. The third kappa shape index (κ3) is 4.91. The average molecular weight is 497 g/mol. The highest BCUT2D eigenvalue weighted by Gasteiger charge is 2.46. The molecule has 34 heavy (non-hydrogen) atoms. The highest BCUT2D eigenvalue weighted by Crippen LogP contribution is 2.39. The number of ether oxygens (including phenoxy) is 2. The molecule has 8 nitrogen and oxygen atoms in total. The summed E-state index contributed by atoms with van der Waals surface area (Å²) in [6.07, 6.45) is -2.47. The van der Waals surface area contributed by atoms with Gasteiger partial charge in [0.1, 0.15) is 41.2 Å². The molecule has 0 amide bonds. The highest BCUT2D eigenvalue weighted by atomic mass is 32.2. The van der Waals surface area contributed by atoms with E-state index in [1.54, 1.807) is 24.3 Å². The van der Waals surface area contributed by atoms with Crippen molar-refractivity contribution in [2.75, 3.05) is 13.2 Å². The summed E-state index contributed by atoms with van der Waals surface area (Å²) in [7, 11) is 0. The molecule has 1 fully saturated rings. The van der Waals surface area contributed by atoms with Crippen LogP contribution in [0.1, 0.15) is 13.0 Å². The van der Waals surface area contributed by atoms with Crippen molar-refractivity contribution >= 4 is 11.8 Å². The van der Waals surface area contributed by atoms with E-state index in [1.807, 2.05) is 6.92 Å². The van der Waals surface area contributed by atoms with Crippen LogP contribution in [0.25, 0.3) is 11.3 Å². The van der Waals surface area contributed by atoms with Crippen molar-refractivity contribution in [3.63, 3.8) is 0 Å². The van der Waals surface area contributed by atoms with E-state index in [1.165, 1.54) is 6.20 Å². The van der Waals surface area contributed by atoms with E-state index in [-0.39, 0.29) is 11.3 Å². The summed E-state index contributed by atoms with van der Waals surface area (Å²) in [5.74, 6) is -3.75. The molecule has 0 saturated carbocycles. The minimum absolute atomic E-state index is 0.00198. The van der Waals surface area contributed by atoms with Crippen molar-refractivity contribution < 1.29 is 38.0 Å². The van der Waals surface area contributed by atoms with Crippen LogP contribution < -0.4 is 4.74 Å². The van der Waals surface area contributed by atoms with Gasteiger partial charge in [0.05, 0.1) is 19.4 Å². The zero-order chi connectivity index (χ0) is 24.4. The largest absolute Gasteiger partial charge is 0.494 e. The molecular weight excluding hydrogens is 475 g/mol. The number of hydrogen-bond donors (Lipinski definition) is 3. The second-order valence-electron chi connectivity index (χ2n) is 7.56. The van der Waals surface area contributed by atoms with Gasteiger partial charge in [0, 0.05) is 10.5 Å². The molecule has 12 heteroatoms. The lowest BCUT2D eigenvalue weighted by Crippen LogP contribution is -2.55. The van der Waals surface area contributed by atoms with Gasteiger partial charge in [-0.3, -0.25) is 0 Å². The first kappa shape index (κ1) is 24.5. The summed E-state index contributed by atoms with van der Waals surface area (Å²) in [4.78, 5) is 0.721. The van der Waals surface area contributed by atoms with Crippen LogP contribution in [0.2, 0.25) is 0 Å². The summed E-state index contributed by atoms with van der Waals surface area (Å²) in [5.41, 5.74) is -0.982. The molecule has 3 aromatic rings. The summed E-state index contributed by atoms with van der Waals surface area (Å²) in [6.45, 7) is 1.80. The Hall–Kier alpha value is -2.64. The van der Waals surface area contributed by atoms with Gasteiger partial charge in [-0.25, -0.2) is 17.9 Å². The van der Waals surface area contributed by atoms with Crippen LogP contribution in [0, 0.1) is 17.5 Å². The van der Waals surface area contributed by atoms with Gasteiger partial charge in [0.2, 0.25) is 0 Å². The fourth-order valence-corrected chi connectivity index (χ4v) is 4.78. The quantitative estimate of drug-likeness (QED) is 0.428. The van der Waals surface area contributed by atoms with Crippen molar-refractivity contribution in [1.29, 1.82) is 0 Å². The Bertz CT molecular complexity index is 1130. The third-order valence-corrected chi connectivity index (χ3v) is 6.46. The van der Waals surface area contributed by atoms with Crippen LogP contribution >= 0.6 is 11.8 Å². The standard InChI is InChI=1S/C22H22F3N3O5S/c1-2-32-12-4-3-5-13(8-12)34-22-21(31)19(20(30)17(10-29)33-22)28-9-16(26-27-28)11-6-14(23)18(25)15(24)7-11/h3-9,17,19-22,29-31H,2,10H2,1H3/t17?,19?,20-,21-,22+/m0/s1. The van der Waals surface area contributed by atoms with Gasteiger partial charge in [-0.05, 0) is 37.3 Å². The number of thioether (sulfide) groups is 1. The van der Waals surface area contributed by atoms with E-state index in [9.17, 15) is 28.5 Å². The van der Waals surface area contributed by atoms with Gasteiger partial charge in [-0.2, -0.15) is 0 Å². The summed E-state index contributed by atoms with van der Waals surface area (Å²) < 4.78 is 52.9. The molecule has 2 heterocycles. The zero-order valence-corrected chi connectivity index (χ0v) is 18.7. The molecule has 4 rings (SSSR count). The van der Waals surface area contributed by atoms with Crippen molar-refractivity contribution in [3.05, 3.63) is 60.0 Å². The maximum Gasteiger partial charge on any atom is 0.194 e. The molecule has 5 atom stereocenters. The van der Waals surface area contributed by atoms with Crippen LogP contribution in [0.15, 0.2) is 47.5 Å². The number of halogens is 3. The van der Waals surface area contributed by atoms with E-state index in [0.717, 1.165) is 33.5 Å². The van der Waals surface area contributed by atoms with Gasteiger partial charge < -0.3 is 24.8 Å². The van der Waals surface area contributed by atoms with Crippen molar-refractivity contribution in [1.82, 2.24) is 15.0 Å². The lowest BCUT2D eigenvalue weighted by Gasteiger charge is -2.41. The second kappa shape index (κ2) is 10.3. The molecule has 2 aromatic carbocycles. The molecule has 1 aliphatic heterocycles. The zero-order valence-electron chi connectivity index (χ0n) is 17.9. The van der Waals surface area contributed by atoms with E-state index < -0.39 is 53.8 Å². The SMILES string of the molecule is CCOc1cccc(S[C@H]2OC(CO)[C@H](O)C(n3cc(-c4cc(F)c(F)c(F)c4)nn3)[C@@H]2O)c1. The lowest BCUT2D eigenvalue weighted by atomic mass is 9.97. The Labute approximate surface area is 196 Å². The van der Waals surface area contributed by atoms with Crippen molar-refractivity contribution in [3.8, 4) is 17.0 Å². The van der Waals surface area contributed by atoms with Gasteiger partial charge in [-0.15, -0.1) is 5.10 Å². The molecule has 2 unspecified atom stereocenters. The van der Waals surface area contributed by atoms with E-state index >= 15 is 0 Å². The highest BCUT2D eigenvalue weighted by molar-refractivity contribution is 7.99. The molecule has 1 saturated heterocycles. The summed E-state index contributed by atoms with van der Waals surface area (Å²) in [6, 6.07) is 7.56. The Kier molecular flexibility index (Phi) is 7.43. The minimum Gasteiger partial charge on any atom is -0.494 e. The maximum atomic E-state index is 13.6. The first-order valence-corrected chi connectivity index (χ1v) is 11.3.